The van der Waals surface area contributed by atoms with Crippen LogP contribution in [0, 0.1) is 0 Å². The van der Waals surface area contributed by atoms with Crippen molar-refractivity contribution < 1.29 is 19.2 Å². The van der Waals surface area contributed by atoms with Crippen LogP contribution in [0.4, 0.5) is 5.69 Å². The molecule has 0 saturated carbocycles. The summed E-state index contributed by atoms with van der Waals surface area (Å²) in [6.07, 6.45) is -0.0621. The van der Waals surface area contributed by atoms with Crippen molar-refractivity contribution in [1.29, 1.82) is 0 Å². The van der Waals surface area contributed by atoms with Crippen molar-refractivity contribution in [2.75, 3.05) is 11.9 Å². The Morgan fingerprint density at radius 2 is 1.81 bits per heavy atom. The molecular formula is C19H15ClN2O4. The Bertz CT molecular complexity index is 939. The van der Waals surface area contributed by atoms with E-state index in [-0.39, 0.29) is 40.8 Å². The third-order valence-electron chi connectivity index (χ3n) is 4.06. The highest BCUT2D eigenvalue weighted by atomic mass is 35.5. The van der Waals surface area contributed by atoms with Gasteiger partial charge in [-0.3, -0.25) is 24.1 Å². The number of carbonyl (C=O) groups excluding carboxylic acids is 4. The van der Waals surface area contributed by atoms with Crippen LogP contribution in [-0.2, 0) is 4.79 Å². The Balaban J connectivity index is 1.65. The standard InChI is InChI=1S/C19H15ClN2O4/c1-11(23)12-4-2-5-13(10-12)21-16(24)8-9-22-18(25)14-6-3-7-15(20)17(14)19(22)26/h2-7,10H,8-9H2,1H3,(H,21,24). The van der Waals surface area contributed by atoms with Crippen molar-refractivity contribution in [2.45, 2.75) is 13.3 Å². The second-order valence-corrected chi connectivity index (χ2v) is 6.27. The van der Waals surface area contributed by atoms with E-state index in [2.05, 4.69) is 5.32 Å². The number of amides is 3. The van der Waals surface area contributed by atoms with Crippen LogP contribution >= 0.6 is 11.6 Å². The Hall–Kier alpha value is -2.99. The highest BCUT2D eigenvalue weighted by Crippen LogP contribution is 2.29. The van der Waals surface area contributed by atoms with Crippen LogP contribution in [0.5, 0.6) is 0 Å². The fourth-order valence-corrected chi connectivity index (χ4v) is 3.00. The molecule has 0 aromatic heterocycles. The van der Waals surface area contributed by atoms with E-state index in [4.69, 9.17) is 11.6 Å². The maximum atomic E-state index is 12.4. The summed E-state index contributed by atoms with van der Waals surface area (Å²) < 4.78 is 0. The first-order chi connectivity index (χ1) is 12.4. The lowest BCUT2D eigenvalue weighted by Gasteiger charge is -2.13. The summed E-state index contributed by atoms with van der Waals surface area (Å²) in [5.41, 5.74) is 1.39. The molecule has 1 heterocycles. The summed E-state index contributed by atoms with van der Waals surface area (Å²) in [6.45, 7) is 1.38. The lowest BCUT2D eigenvalue weighted by Crippen LogP contribution is -2.32. The highest BCUT2D eigenvalue weighted by Gasteiger charge is 2.37. The Labute approximate surface area is 154 Å². The molecule has 1 N–H and O–H groups in total. The minimum Gasteiger partial charge on any atom is -0.326 e. The molecule has 3 amide bonds. The summed E-state index contributed by atoms with van der Waals surface area (Å²) >= 11 is 6.00. The van der Waals surface area contributed by atoms with Gasteiger partial charge in [0.2, 0.25) is 5.91 Å². The molecule has 0 atom stereocenters. The van der Waals surface area contributed by atoms with Crippen LogP contribution in [0.3, 0.4) is 0 Å². The molecule has 0 saturated heterocycles. The summed E-state index contributed by atoms with van der Waals surface area (Å²) in [5.74, 6) is -1.43. The lowest BCUT2D eigenvalue weighted by atomic mass is 10.1. The molecule has 0 spiro atoms. The van der Waals surface area contributed by atoms with Crippen molar-refractivity contribution in [3.63, 3.8) is 0 Å². The van der Waals surface area contributed by atoms with E-state index >= 15 is 0 Å². The highest BCUT2D eigenvalue weighted by molar-refractivity contribution is 6.37. The van der Waals surface area contributed by atoms with Crippen LogP contribution in [-0.4, -0.2) is 34.9 Å². The molecule has 6 nitrogen and oxygen atoms in total. The van der Waals surface area contributed by atoms with Crippen molar-refractivity contribution >= 4 is 40.8 Å². The van der Waals surface area contributed by atoms with E-state index in [0.29, 0.717) is 11.3 Å². The Morgan fingerprint density at radius 3 is 2.50 bits per heavy atom. The number of hydrogen-bond acceptors (Lipinski definition) is 4. The van der Waals surface area contributed by atoms with Crippen molar-refractivity contribution in [3.05, 3.63) is 64.2 Å². The van der Waals surface area contributed by atoms with Gasteiger partial charge in [0.15, 0.2) is 5.78 Å². The van der Waals surface area contributed by atoms with Crippen LogP contribution in [0.15, 0.2) is 42.5 Å². The van der Waals surface area contributed by atoms with Gasteiger partial charge in [0.25, 0.3) is 11.8 Å². The van der Waals surface area contributed by atoms with Gasteiger partial charge in [0, 0.05) is 24.2 Å². The number of Topliss-reactive ketones (excluding diaryl/α,β-unsaturated/α-hetero) is 1. The number of nitrogens with one attached hydrogen (secondary N) is 1. The lowest BCUT2D eigenvalue weighted by molar-refractivity contribution is -0.116. The summed E-state index contributed by atoms with van der Waals surface area (Å²) in [6, 6.07) is 11.2. The topological polar surface area (TPSA) is 83.6 Å². The summed E-state index contributed by atoms with van der Waals surface area (Å²) in [5, 5.41) is 2.87. The number of fused-ring (bicyclic) bond motifs is 1. The van der Waals surface area contributed by atoms with E-state index in [1.54, 1.807) is 36.4 Å². The molecule has 0 unspecified atom stereocenters. The summed E-state index contributed by atoms with van der Waals surface area (Å²) in [4.78, 5) is 49.2. The normalized spacial score (nSPS) is 12.9. The third kappa shape index (κ3) is 3.36. The zero-order valence-corrected chi connectivity index (χ0v) is 14.7. The summed E-state index contributed by atoms with van der Waals surface area (Å²) in [7, 11) is 0. The number of nitrogens with zero attached hydrogens (tertiary/aromatic N) is 1. The number of halogens is 1. The van der Waals surface area contributed by atoms with Gasteiger partial charge < -0.3 is 5.32 Å². The molecule has 132 valence electrons. The van der Waals surface area contributed by atoms with Gasteiger partial charge in [0.1, 0.15) is 0 Å². The molecule has 2 aromatic carbocycles. The number of benzene rings is 2. The number of rotatable bonds is 5. The first-order valence-electron chi connectivity index (χ1n) is 7.94. The molecule has 0 aliphatic carbocycles. The number of carbonyl (C=O) groups is 4. The number of imide groups is 1. The molecule has 0 fully saturated rings. The van der Waals surface area contributed by atoms with Gasteiger partial charge in [-0.2, -0.15) is 0 Å². The van der Waals surface area contributed by atoms with Gasteiger partial charge in [-0.05, 0) is 31.2 Å². The molecular weight excluding hydrogens is 356 g/mol. The largest absolute Gasteiger partial charge is 0.326 e. The van der Waals surface area contributed by atoms with E-state index in [9.17, 15) is 19.2 Å². The van der Waals surface area contributed by atoms with E-state index in [0.717, 1.165) is 4.90 Å². The zero-order valence-electron chi connectivity index (χ0n) is 13.9. The molecule has 0 radical (unpaired) electrons. The fourth-order valence-electron chi connectivity index (χ4n) is 2.75. The van der Waals surface area contributed by atoms with Gasteiger partial charge >= 0.3 is 0 Å². The maximum absolute atomic E-state index is 12.4. The molecule has 0 bridgehead atoms. The van der Waals surface area contributed by atoms with Crippen molar-refractivity contribution in [3.8, 4) is 0 Å². The SMILES string of the molecule is CC(=O)c1cccc(NC(=O)CCN2C(=O)c3cccc(Cl)c3C2=O)c1. The average Bonchev–Trinajstić information content (AvgIpc) is 2.85. The van der Waals surface area contributed by atoms with Crippen LogP contribution in [0.1, 0.15) is 44.4 Å². The molecule has 1 aliphatic rings. The fraction of sp³-hybridized carbons (Fsp3) is 0.158. The molecule has 3 rings (SSSR count). The molecule has 7 heteroatoms. The van der Waals surface area contributed by atoms with Gasteiger partial charge in [-0.1, -0.05) is 29.8 Å². The molecule has 1 aliphatic heterocycles. The Kier molecular flexibility index (Phi) is 4.86. The van der Waals surface area contributed by atoms with Gasteiger partial charge in [-0.15, -0.1) is 0 Å². The second kappa shape index (κ2) is 7.09. The number of anilines is 1. The van der Waals surface area contributed by atoms with Crippen LogP contribution in [0.2, 0.25) is 5.02 Å². The number of hydrogen-bond donors (Lipinski definition) is 1. The van der Waals surface area contributed by atoms with Crippen LogP contribution < -0.4 is 5.32 Å². The molecule has 26 heavy (non-hydrogen) atoms. The average molecular weight is 371 g/mol. The Morgan fingerprint density at radius 1 is 1.08 bits per heavy atom. The second-order valence-electron chi connectivity index (χ2n) is 5.86. The smallest absolute Gasteiger partial charge is 0.263 e. The quantitative estimate of drug-likeness (QED) is 0.647. The van der Waals surface area contributed by atoms with Gasteiger partial charge in [0.05, 0.1) is 16.1 Å². The monoisotopic (exact) mass is 370 g/mol. The van der Waals surface area contributed by atoms with E-state index < -0.39 is 11.8 Å². The number of ketones is 1. The van der Waals surface area contributed by atoms with Crippen molar-refractivity contribution in [1.82, 2.24) is 4.90 Å². The minimum atomic E-state index is -0.498. The zero-order chi connectivity index (χ0) is 18.8. The first kappa shape index (κ1) is 17.8. The molecule has 2 aromatic rings. The minimum absolute atomic E-state index is 0.0547. The predicted octanol–water partition coefficient (Wildman–Crippen LogP) is 3.17. The van der Waals surface area contributed by atoms with E-state index in [1.165, 1.54) is 13.0 Å². The van der Waals surface area contributed by atoms with Crippen molar-refractivity contribution in [2.24, 2.45) is 0 Å². The van der Waals surface area contributed by atoms with Crippen LogP contribution in [0.25, 0.3) is 0 Å². The maximum Gasteiger partial charge on any atom is 0.263 e. The van der Waals surface area contributed by atoms with Gasteiger partial charge in [-0.25, -0.2) is 0 Å². The third-order valence-corrected chi connectivity index (χ3v) is 4.38. The van der Waals surface area contributed by atoms with E-state index in [1.807, 2.05) is 0 Å². The predicted molar refractivity (Wildman–Crippen MR) is 96.5 cm³/mol. The first-order valence-corrected chi connectivity index (χ1v) is 8.32.